The minimum absolute atomic E-state index is 0.0581. The zero-order valence-electron chi connectivity index (χ0n) is 12.1. The number of aryl methyl sites for hydroxylation is 1. The Morgan fingerprint density at radius 3 is 2.53 bits per heavy atom. The maximum atomic E-state index is 5.94. The molecule has 3 nitrogen and oxygen atoms in total. The lowest BCUT2D eigenvalue weighted by Crippen LogP contribution is -2.49. The van der Waals surface area contributed by atoms with E-state index in [1.165, 1.54) is 18.4 Å². The van der Waals surface area contributed by atoms with E-state index >= 15 is 0 Å². The molecular weight excluding hydrogens is 236 g/mol. The largest absolute Gasteiger partial charge is 0.497 e. The molecule has 1 aliphatic rings. The third kappa shape index (κ3) is 4.51. The van der Waals surface area contributed by atoms with Crippen LogP contribution >= 0.6 is 0 Å². The van der Waals surface area contributed by atoms with Crippen molar-refractivity contribution >= 4 is 0 Å². The second-order valence-electron chi connectivity index (χ2n) is 5.94. The van der Waals surface area contributed by atoms with Gasteiger partial charge in [0.25, 0.3) is 0 Å². The van der Waals surface area contributed by atoms with Crippen molar-refractivity contribution in [3.05, 3.63) is 29.8 Å². The molecule has 0 aliphatic heterocycles. The lowest BCUT2D eigenvalue weighted by Gasteiger charge is -2.30. The van der Waals surface area contributed by atoms with E-state index in [9.17, 15) is 0 Å². The van der Waals surface area contributed by atoms with Crippen LogP contribution in [0.5, 0.6) is 5.75 Å². The SMILES string of the molecule is COc1ccc(CCC(C)(CN)NCC2CC2)cc1. The summed E-state index contributed by atoms with van der Waals surface area (Å²) in [6.45, 7) is 4.05. The maximum Gasteiger partial charge on any atom is 0.118 e. The molecule has 1 saturated carbocycles. The Bertz CT molecular complexity index is 386. The van der Waals surface area contributed by atoms with Crippen molar-refractivity contribution in [1.29, 1.82) is 0 Å². The second-order valence-corrected chi connectivity index (χ2v) is 5.94. The van der Waals surface area contributed by atoms with Gasteiger partial charge in [0, 0.05) is 12.1 Å². The molecule has 2 rings (SSSR count). The smallest absolute Gasteiger partial charge is 0.118 e. The van der Waals surface area contributed by atoms with E-state index in [1.54, 1.807) is 7.11 Å². The number of nitrogens with two attached hydrogens (primary N) is 1. The molecule has 0 radical (unpaired) electrons. The quantitative estimate of drug-likeness (QED) is 0.756. The average Bonchev–Trinajstić information content (AvgIpc) is 3.28. The van der Waals surface area contributed by atoms with Crippen LogP contribution in [0.4, 0.5) is 0 Å². The zero-order chi connectivity index (χ0) is 13.7. The van der Waals surface area contributed by atoms with E-state index < -0.39 is 0 Å². The fraction of sp³-hybridized carbons (Fsp3) is 0.625. The summed E-state index contributed by atoms with van der Waals surface area (Å²) >= 11 is 0. The van der Waals surface area contributed by atoms with Gasteiger partial charge in [0.05, 0.1) is 7.11 Å². The van der Waals surface area contributed by atoms with Gasteiger partial charge in [-0.3, -0.25) is 0 Å². The van der Waals surface area contributed by atoms with Crippen molar-refractivity contribution in [1.82, 2.24) is 5.32 Å². The predicted molar refractivity (Wildman–Crippen MR) is 79.5 cm³/mol. The molecule has 0 aromatic heterocycles. The molecule has 1 atom stereocenters. The van der Waals surface area contributed by atoms with Crippen LogP contribution in [0.1, 0.15) is 31.7 Å². The number of hydrogen-bond donors (Lipinski definition) is 2. The Hall–Kier alpha value is -1.06. The Morgan fingerprint density at radius 2 is 2.00 bits per heavy atom. The minimum Gasteiger partial charge on any atom is -0.497 e. The maximum absolute atomic E-state index is 5.94. The highest BCUT2D eigenvalue weighted by atomic mass is 16.5. The van der Waals surface area contributed by atoms with Crippen LogP contribution in [0.25, 0.3) is 0 Å². The van der Waals surface area contributed by atoms with Gasteiger partial charge in [-0.25, -0.2) is 0 Å². The Kier molecular flexibility index (Phi) is 4.83. The van der Waals surface area contributed by atoms with Crippen molar-refractivity contribution in [3.63, 3.8) is 0 Å². The molecule has 0 saturated heterocycles. The Morgan fingerprint density at radius 1 is 1.32 bits per heavy atom. The van der Waals surface area contributed by atoms with Crippen LogP contribution in [-0.4, -0.2) is 25.7 Å². The van der Waals surface area contributed by atoms with Gasteiger partial charge >= 0.3 is 0 Å². The van der Waals surface area contributed by atoms with Crippen molar-refractivity contribution in [2.24, 2.45) is 11.7 Å². The Balaban J connectivity index is 1.82. The summed E-state index contributed by atoms with van der Waals surface area (Å²) in [5.41, 5.74) is 7.34. The van der Waals surface area contributed by atoms with Crippen molar-refractivity contribution in [2.75, 3.05) is 20.2 Å². The molecule has 19 heavy (non-hydrogen) atoms. The van der Waals surface area contributed by atoms with Crippen molar-refractivity contribution in [2.45, 2.75) is 38.1 Å². The van der Waals surface area contributed by atoms with Gasteiger partial charge in [-0.05, 0) is 62.8 Å². The fourth-order valence-electron chi connectivity index (χ4n) is 2.19. The number of methoxy groups -OCH3 is 1. The topological polar surface area (TPSA) is 47.3 Å². The van der Waals surface area contributed by atoms with E-state index in [-0.39, 0.29) is 5.54 Å². The van der Waals surface area contributed by atoms with Gasteiger partial charge < -0.3 is 15.8 Å². The lowest BCUT2D eigenvalue weighted by atomic mass is 9.93. The highest BCUT2D eigenvalue weighted by molar-refractivity contribution is 5.27. The summed E-state index contributed by atoms with van der Waals surface area (Å²) < 4.78 is 5.18. The zero-order valence-corrected chi connectivity index (χ0v) is 12.1. The van der Waals surface area contributed by atoms with E-state index in [0.717, 1.165) is 31.1 Å². The molecule has 106 valence electrons. The first-order chi connectivity index (χ1) is 9.15. The summed E-state index contributed by atoms with van der Waals surface area (Å²) in [4.78, 5) is 0. The van der Waals surface area contributed by atoms with Crippen LogP contribution in [0.3, 0.4) is 0 Å². The van der Waals surface area contributed by atoms with Gasteiger partial charge in [-0.1, -0.05) is 12.1 Å². The lowest BCUT2D eigenvalue weighted by molar-refractivity contribution is 0.334. The fourth-order valence-corrected chi connectivity index (χ4v) is 2.19. The van der Waals surface area contributed by atoms with Gasteiger partial charge in [0.15, 0.2) is 0 Å². The van der Waals surface area contributed by atoms with E-state index in [0.29, 0.717) is 6.54 Å². The summed E-state index contributed by atoms with van der Waals surface area (Å²) in [6, 6.07) is 8.31. The summed E-state index contributed by atoms with van der Waals surface area (Å²) in [6.07, 6.45) is 4.89. The number of benzene rings is 1. The number of ether oxygens (including phenoxy) is 1. The molecule has 1 fully saturated rings. The molecular formula is C16H26N2O. The first-order valence-corrected chi connectivity index (χ1v) is 7.23. The van der Waals surface area contributed by atoms with Crippen LogP contribution in [0.15, 0.2) is 24.3 Å². The summed E-state index contributed by atoms with van der Waals surface area (Å²) in [5.74, 6) is 1.81. The number of rotatable bonds is 8. The molecule has 3 heteroatoms. The molecule has 1 aliphatic carbocycles. The third-order valence-corrected chi connectivity index (χ3v) is 4.09. The molecule has 0 bridgehead atoms. The average molecular weight is 262 g/mol. The monoisotopic (exact) mass is 262 g/mol. The van der Waals surface area contributed by atoms with Gasteiger partial charge in [-0.15, -0.1) is 0 Å². The van der Waals surface area contributed by atoms with E-state index in [1.807, 2.05) is 12.1 Å². The van der Waals surface area contributed by atoms with Gasteiger partial charge in [0.1, 0.15) is 5.75 Å². The molecule has 0 amide bonds. The first kappa shape index (κ1) is 14.4. The number of nitrogens with one attached hydrogen (secondary N) is 1. The molecule has 0 heterocycles. The first-order valence-electron chi connectivity index (χ1n) is 7.23. The van der Waals surface area contributed by atoms with Crippen LogP contribution in [0, 0.1) is 5.92 Å². The Labute approximate surface area is 116 Å². The van der Waals surface area contributed by atoms with E-state index in [4.69, 9.17) is 10.5 Å². The van der Waals surface area contributed by atoms with Crippen LogP contribution in [-0.2, 0) is 6.42 Å². The minimum atomic E-state index is 0.0581. The molecule has 0 spiro atoms. The van der Waals surface area contributed by atoms with Crippen molar-refractivity contribution in [3.8, 4) is 5.75 Å². The molecule has 3 N–H and O–H groups in total. The van der Waals surface area contributed by atoms with Crippen LogP contribution < -0.4 is 15.8 Å². The highest BCUT2D eigenvalue weighted by Crippen LogP contribution is 2.28. The molecule has 1 aromatic carbocycles. The predicted octanol–water partition coefficient (Wildman–Crippen LogP) is 2.34. The summed E-state index contributed by atoms with van der Waals surface area (Å²) in [5, 5.41) is 3.65. The highest BCUT2D eigenvalue weighted by Gasteiger charge is 2.27. The van der Waals surface area contributed by atoms with Crippen molar-refractivity contribution < 1.29 is 4.74 Å². The second kappa shape index (κ2) is 6.40. The van der Waals surface area contributed by atoms with Gasteiger partial charge in [0.2, 0.25) is 0 Å². The normalized spacial score (nSPS) is 18.1. The standard InChI is InChI=1S/C16H26N2O/c1-16(12-17,18-11-14-3-4-14)10-9-13-5-7-15(19-2)8-6-13/h5-8,14,18H,3-4,9-12,17H2,1-2H3. The van der Waals surface area contributed by atoms with Gasteiger partial charge in [-0.2, -0.15) is 0 Å². The third-order valence-electron chi connectivity index (χ3n) is 4.09. The molecule has 1 unspecified atom stereocenters. The van der Waals surface area contributed by atoms with E-state index in [2.05, 4.69) is 24.4 Å². The summed E-state index contributed by atoms with van der Waals surface area (Å²) in [7, 11) is 1.70. The van der Waals surface area contributed by atoms with Crippen LogP contribution in [0.2, 0.25) is 0 Å². The number of hydrogen-bond acceptors (Lipinski definition) is 3. The molecule has 1 aromatic rings.